The monoisotopic (exact) mass is 417 g/mol. The molecule has 1 aromatic heterocycles. The molecule has 0 bridgehead atoms. The van der Waals surface area contributed by atoms with Gasteiger partial charge in [0.05, 0.1) is 0 Å². The molecule has 0 saturated heterocycles. The molecule has 1 atom stereocenters. The van der Waals surface area contributed by atoms with E-state index in [0.717, 1.165) is 15.9 Å². The van der Waals surface area contributed by atoms with Gasteiger partial charge >= 0.3 is 144 Å². The van der Waals surface area contributed by atoms with E-state index in [4.69, 9.17) is 4.74 Å². The molecule has 1 aliphatic heterocycles. The molecule has 1 aliphatic rings. The molecule has 1 unspecified atom stereocenters. The summed E-state index contributed by atoms with van der Waals surface area (Å²) in [4.78, 5) is 4.58. The molecule has 3 aromatic rings. The zero-order valence-corrected chi connectivity index (χ0v) is 15.6. The van der Waals surface area contributed by atoms with Crippen LogP contribution < -0.4 is 4.74 Å². The standard InChI is InChI=1S/C20H20INO/c1-14-11-17-12-21(15(2)16-7-4-3-5-8-16)13-23-20(17)19-18(14)9-6-10-22-19/h3-11,15H,12-13H2,1-2H3. The van der Waals surface area contributed by atoms with Crippen molar-refractivity contribution >= 4 is 30.7 Å². The van der Waals surface area contributed by atoms with Crippen LogP contribution in [0.5, 0.6) is 5.75 Å². The Labute approximate surface area is 144 Å². The fourth-order valence-corrected chi connectivity index (χ4v) is 8.36. The van der Waals surface area contributed by atoms with Gasteiger partial charge in [-0.3, -0.25) is 0 Å². The van der Waals surface area contributed by atoms with Gasteiger partial charge in [-0.1, -0.05) is 0 Å². The van der Waals surface area contributed by atoms with Gasteiger partial charge in [0.2, 0.25) is 0 Å². The van der Waals surface area contributed by atoms with Gasteiger partial charge in [-0.2, -0.15) is 0 Å². The van der Waals surface area contributed by atoms with Crippen LogP contribution in [0.2, 0.25) is 0 Å². The summed E-state index contributed by atoms with van der Waals surface area (Å²) in [6, 6.07) is 17.3. The minimum absolute atomic E-state index is 0.647. The average molecular weight is 417 g/mol. The number of rotatable bonds is 2. The molecule has 4 rings (SSSR count). The van der Waals surface area contributed by atoms with Crippen molar-refractivity contribution in [2.24, 2.45) is 0 Å². The summed E-state index contributed by atoms with van der Waals surface area (Å²) in [7, 11) is 0. The van der Waals surface area contributed by atoms with Crippen LogP contribution in [-0.2, 0) is 4.43 Å². The van der Waals surface area contributed by atoms with Crippen molar-refractivity contribution in [1.29, 1.82) is 0 Å². The van der Waals surface area contributed by atoms with Crippen LogP contribution in [-0.4, -0.2) is 9.60 Å². The minimum atomic E-state index is -1.23. The van der Waals surface area contributed by atoms with E-state index in [0.29, 0.717) is 3.92 Å². The van der Waals surface area contributed by atoms with E-state index in [2.05, 4.69) is 61.3 Å². The predicted octanol–water partition coefficient (Wildman–Crippen LogP) is 5.66. The molecule has 0 radical (unpaired) electrons. The Morgan fingerprint density at radius 1 is 1.13 bits per heavy atom. The first-order valence-electron chi connectivity index (χ1n) is 7.89. The van der Waals surface area contributed by atoms with Crippen molar-refractivity contribution in [3.63, 3.8) is 0 Å². The molecular weight excluding hydrogens is 397 g/mol. The SMILES string of the molecule is Cc1cc2c(c3ncccc13)OCI(C(C)c1ccccc1)C2. The maximum absolute atomic E-state index is 6.25. The van der Waals surface area contributed by atoms with Gasteiger partial charge in [-0.25, -0.2) is 0 Å². The number of benzene rings is 2. The quantitative estimate of drug-likeness (QED) is 0.397. The van der Waals surface area contributed by atoms with Crippen molar-refractivity contribution in [3.8, 4) is 5.75 Å². The number of ether oxygens (including phenoxy) is 1. The van der Waals surface area contributed by atoms with Crippen LogP contribution in [0, 0.1) is 6.92 Å². The van der Waals surface area contributed by atoms with Crippen molar-refractivity contribution in [3.05, 3.63) is 71.4 Å². The van der Waals surface area contributed by atoms with Gasteiger partial charge in [0.1, 0.15) is 0 Å². The third-order valence-corrected chi connectivity index (χ3v) is 10.8. The number of alkyl halides is 3. The number of pyridine rings is 1. The van der Waals surface area contributed by atoms with Gasteiger partial charge in [0.15, 0.2) is 0 Å². The molecular formula is C20H20INO. The third-order valence-electron chi connectivity index (χ3n) is 4.51. The molecule has 118 valence electrons. The molecule has 0 fully saturated rings. The molecule has 3 heteroatoms. The summed E-state index contributed by atoms with van der Waals surface area (Å²) >= 11 is -1.23. The van der Waals surface area contributed by atoms with Crippen molar-refractivity contribution < 1.29 is 4.74 Å². The van der Waals surface area contributed by atoms with E-state index in [1.165, 1.54) is 26.5 Å². The summed E-state index contributed by atoms with van der Waals surface area (Å²) in [5.41, 5.74) is 5.17. The normalized spacial score (nSPS) is 16.7. The van der Waals surface area contributed by atoms with Gasteiger partial charge in [0.25, 0.3) is 0 Å². The van der Waals surface area contributed by atoms with Gasteiger partial charge in [-0.15, -0.1) is 0 Å². The van der Waals surface area contributed by atoms with E-state index in [-0.39, 0.29) is 0 Å². The summed E-state index contributed by atoms with van der Waals surface area (Å²) in [6.45, 7) is 4.55. The summed E-state index contributed by atoms with van der Waals surface area (Å²) in [5.74, 6) is 1.03. The van der Waals surface area contributed by atoms with Gasteiger partial charge < -0.3 is 0 Å². The summed E-state index contributed by atoms with van der Waals surface area (Å²) in [5, 5.41) is 1.21. The van der Waals surface area contributed by atoms with Crippen molar-refractivity contribution in [2.75, 3.05) is 4.61 Å². The summed E-state index contributed by atoms with van der Waals surface area (Å²) < 4.78 is 9.03. The van der Waals surface area contributed by atoms with Crippen LogP contribution in [0.1, 0.15) is 27.5 Å². The van der Waals surface area contributed by atoms with Crippen LogP contribution >= 0.6 is 19.8 Å². The topological polar surface area (TPSA) is 22.1 Å². The van der Waals surface area contributed by atoms with Crippen LogP contribution in [0.15, 0.2) is 54.7 Å². The molecule has 0 aliphatic carbocycles. The molecule has 23 heavy (non-hydrogen) atoms. The molecule has 0 saturated carbocycles. The van der Waals surface area contributed by atoms with E-state index in [1.54, 1.807) is 0 Å². The number of aryl methyl sites for hydroxylation is 1. The number of halogens is 1. The molecule has 2 aromatic carbocycles. The second-order valence-corrected chi connectivity index (χ2v) is 12.1. The Hall–Kier alpha value is -1.62. The zero-order valence-electron chi connectivity index (χ0n) is 13.4. The van der Waals surface area contributed by atoms with Crippen molar-refractivity contribution in [1.82, 2.24) is 4.98 Å². The Bertz CT molecular complexity index is 847. The number of hydrogen-bond donors (Lipinski definition) is 0. The van der Waals surface area contributed by atoms with E-state index < -0.39 is 19.8 Å². The molecule has 0 spiro atoms. The van der Waals surface area contributed by atoms with E-state index in [1.807, 2.05) is 12.3 Å². The second kappa shape index (κ2) is 6.11. The number of fused-ring (bicyclic) bond motifs is 3. The van der Waals surface area contributed by atoms with E-state index in [9.17, 15) is 0 Å². The van der Waals surface area contributed by atoms with Crippen LogP contribution in [0.4, 0.5) is 0 Å². The first kappa shape index (κ1) is 14.9. The fraction of sp³-hybridized carbons (Fsp3) is 0.250. The number of aromatic nitrogens is 1. The average Bonchev–Trinajstić information content (AvgIpc) is 2.61. The summed E-state index contributed by atoms with van der Waals surface area (Å²) in [6.07, 6.45) is 1.86. The molecule has 0 amide bonds. The third kappa shape index (κ3) is 2.71. The molecule has 0 N–H and O–H groups in total. The van der Waals surface area contributed by atoms with Crippen molar-refractivity contribution in [2.45, 2.75) is 22.2 Å². The zero-order chi connectivity index (χ0) is 15.8. The van der Waals surface area contributed by atoms with Gasteiger partial charge in [-0.05, 0) is 0 Å². The van der Waals surface area contributed by atoms with Crippen LogP contribution in [0.3, 0.4) is 0 Å². The fourth-order valence-electron chi connectivity index (χ4n) is 3.18. The molecule has 2 nitrogen and oxygen atoms in total. The Morgan fingerprint density at radius 3 is 2.78 bits per heavy atom. The van der Waals surface area contributed by atoms with Gasteiger partial charge in [0, 0.05) is 0 Å². The number of nitrogens with zero attached hydrogens (tertiary/aromatic N) is 1. The molecule has 2 heterocycles. The second-order valence-electron chi connectivity index (χ2n) is 5.99. The van der Waals surface area contributed by atoms with E-state index >= 15 is 0 Å². The van der Waals surface area contributed by atoms with Crippen LogP contribution in [0.25, 0.3) is 10.9 Å². The number of hydrogen-bond acceptors (Lipinski definition) is 2. The Kier molecular flexibility index (Phi) is 3.97. The predicted molar refractivity (Wildman–Crippen MR) is 105 cm³/mol. The Balaban J connectivity index is 1.70. The first-order valence-corrected chi connectivity index (χ1v) is 12.2. The maximum atomic E-state index is 6.25. The first-order chi connectivity index (χ1) is 11.2. The Morgan fingerprint density at radius 2 is 1.96 bits per heavy atom.